The van der Waals surface area contributed by atoms with E-state index in [1.165, 1.54) is 30.9 Å². The van der Waals surface area contributed by atoms with Gasteiger partial charge in [-0.15, -0.1) is 4.33 Å². The Bertz CT molecular complexity index is 1220. The van der Waals surface area contributed by atoms with Crippen LogP contribution in [0.15, 0.2) is 46.3 Å². The number of halogens is 1. The molecule has 1 aliphatic heterocycles. The monoisotopic (exact) mass is 582 g/mol. The van der Waals surface area contributed by atoms with Crippen LogP contribution in [0.3, 0.4) is 0 Å². The number of benzene rings is 2. The van der Waals surface area contributed by atoms with Crippen LogP contribution in [0.5, 0.6) is 0 Å². The maximum atomic E-state index is 8.39. The molecule has 0 aliphatic carbocycles. The van der Waals surface area contributed by atoms with Crippen LogP contribution < -0.4 is 14.9 Å². The molecule has 7 nitrogen and oxygen atoms in total. The Balaban J connectivity index is 1.62. The van der Waals surface area contributed by atoms with Gasteiger partial charge in [-0.1, -0.05) is 52.7 Å². The van der Waals surface area contributed by atoms with Crippen molar-refractivity contribution in [2.24, 2.45) is 0 Å². The summed E-state index contributed by atoms with van der Waals surface area (Å²) in [6.45, 7) is 8.83. The Kier molecular flexibility index (Phi) is 11.0. The van der Waals surface area contributed by atoms with Gasteiger partial charge < -0.3 is 4.90 Å². The first kappa shape index (κ1) is 28.7. The lowest BCUT2D eigenvalue weighted by atomic mass is 10.2. The highest BCUT2D eigenvalue weighted by Crippen LogP contribution is 2.47. The van der Waals surface area contributed by atoms with Gasteiger partial charge in [-0.25, -0.2) is 10.7 Å². The molecular formula is C26H33ClN3O4S3+. The molecule has 2 N–H and O–H groups in total. The van der Waals surface area contributed by atoms with E-state index in [2.05, 4.69) is 75.4 Å². The molecule has 200 valence electrons. The molecule has 0 fully saturated rings. The molecule has 2 heterocycles. The summed E-state index contributed by atoms with van der Waals surface area (Å²) >= 11 is 11.1. The summed E-state index contributed by atoms with van der Waals surface area (Å²) in [6.07, 6.45) is 5.14. The highest BCUT2D eigenvalue weighted by Gasteiger charge is 2.28. The molecular weight excluding hydrogens is 550 g/mol. The molecule has 4 rings (SSSR count). The van der Waals surface area contributed by atoms with Gasteiger partial charge in [0.25, 0.3) is 5.01 Å². The molecule has 1 aliphatic rings. The van der Waals surface area contributed by atoms with Gasteiger partial charge in [-0.2, -0.15) is 4.57 Å². The SMILES string of the molecule is CCCNOC(C)CC[n+]1c(C=C2Sc3ccc(C)cc3N2CCCSOOO)sc2ccc(Cl)cc21. The molecule has 1 atom stereocenters. The van der Waals surface area contributed by atoms with Gasteiger partial charge in [0.1, 0.15) is 4.70 Å². The average molecular weight is 583 g/mol. The summed E-state index contributed by atoms with van der Waals surface area (Å²) in [5.41, 5.74) is 6.65. The minimum Gasteiger partial charge on any atom is -0.335 e. The van der Waals surface area contributed by atoms with Gasteiger partial charge in [0.2, 0.25) is 5.52 Å². The first-order valence-corrected chi connectivity index (χ1v) is 15.3. The topological polar surface area (TPSA) is 67.1 Å². The van der Waals surface area contributed by atoms with Gasteiger partial charge in [0.15, 0.2) is 6.54 Å². The van der Waals surface area contributed by atoms with Crippen molar-refractivity contribution in [1.29, 1.82) is 0 Å². The molecule has 2 aromatic carbocycles. The fraction of sp³-hybridized carbons (Fsp3) is 0.423. The van der Waals surface area contributed by atoms with Crippen molar-refractivity contribution in [3.8, 4) is 0 Å². The number of aromatic nitrogens is 1. The Labute approximate surface area is 235 Å². The summed E-state index contributed by atoms with van der Waals surface area (Å²) in [4.78, 5) is 9.40. The van der Waals surface area contributed by atoms with Crippen molar-refractivity contribution in [1.82, 2.24) is 5.48 Å². The average Bonchev–Trinajstić information content (AvgIpc) is 3.39. The zero-order valence-electron chi connectivity index (χ0n) is 21.2. The number of thioether (sulfide) groups is 1. The quantitative estimate of drug-likeness (QED) is 0.0678. The van der Waals surface area contributed by atoms with Crippen molar-refractivity contribution in [2.75, 3.05) is 23.7 Å². The summed E-state index contributed by atoms with van der Waals surface area (Å²) in [6, 6.07) is 12.7. The van der Waals surface area contributed by atoms with E-state index < -0.39 is 0 Å². The van der Waals surface area contributed by atoms with Crippen LogP contribution >= 0.6 is 46.7 Å². The fourth-order valence-corrected chi connectivity index (χ4v) is 6.89. The molecule has 1 aromatic heterocycles. The lowest BCUT2D eigenvalue weighted by molar-refractivity contribution is -0.670. The van der Waals surface area contributed by atoms with Crippen LogP contribution in [0.25, 0.3) is 16.3 Å². The predicted octanol–water partition coefficient (Wildman–Crippen LogP) is 7.23. The van der Waals surface area contributed by atoms with Crippen LogP contribution in [0, 0.1) is 6.92 Å². The first-order chi connectivity index (χ1) is 18.0. The number of hydrogen-bond donors (Lipinski definition) is 2. The molecule has 0 saturated heterocycles. The molecule has 0 radical (unpaired) electrons. The second-order valence-electron chi connectivity index (χ2n) is 8.84. The highest BCUT2D eigenvalue weighted by molar-refractivity contribution is 8.04. The van der Waals surface area contributed by atoms with E-state index in [-0.39, 0.29) is 6.10 Å². The standard InChI is InChI=1S/C26H32ClN3O4S3/c1-4-11-28-32-19(3)10-13-30-22-16-20(27)7-9-24(22)37-26(30)17-25-29(12-5-14-35-34-33-31)21-15-18(2)6-8-23(21)36-25/h6-9,15-17,19,28H,4-5,10-14H2,1-3H3/p+1. The van der Waals surface area contributed by atoms with Gasteiger partial charge in [0, 0.05) is 53.3 Å². The van der Waals surface area contributed by atoms with Gasteiger partial charge in [-0.05, 0) is 56.5 Å². The van der Waals surface area contributed by atoms with Crippen molar-refractivity contribution in [3.05, 3.63) is 57.0 Å². The van der Waals surface area contributed by atoms with E-state index >= 15 is 0 Å². The largest absolute Gasteiger partial charge is 0.335 e. The van der Waals surface area contributed by atoms with Crippen LogP contribution in [-0.4, -0.2) is 30.2 Å². The van der Waals surface area contributed by atoms with Gasteiger partial charge >= 0.3 is 0 Å². The first-order valence-electron chi connectivity index (χ1n) is 12.4. The van der Waals surface area contributed by atoms with Gasteiger partial charge in [0.05, 0.1) is 22.9 Å². The summed E-state index contributed by atoms with van der Waals surface area (Å²) in [7, 11) is 0. The zero-order valence-corrected chi connectivity index (χ0v) is 24.4. The number of aryl methyl sites for hydroxylation is 2. The van der Waals surface area contributed by atoms with Crippen molar-refractivity contribution in [3.63, 3.8) is 0 Å². The van der Waals surface area contributed by atoms with Crippen LogP contribution in [0.4, 0.5) is 5.69 Å². The number of anilines is 1. The van der Waals surface area contributed by atoms with E-state index in [1.54, 1.807) is 23.1 Å². The number of hydroxylamine groups is 1. The van der Waals surface area contributed by atoms with E-state index in [0.29, 0.717) is 5.75 Å². The normalized spacial score (nSPS) is 15.2. The third-order valence-corrected chi connectivity index (χ3v) is 8.98. The predicted molar refractivity (Wildman–Crippen MR) is 155 cm³/mol. The Hall–Kier alpha value is -1.34. The maximum absolute atomic E-state index is 8.39. The lowest BCUT2D eigenvalue weighted by Crippen LogP contribution is -2.37. The molecule has 0 bridgehead atoms. The van der Waals surface area contributed by atoms with E-state index in [1.807, 2.05) is 12.1 Å². The number of hydrogen-bond acceptors (Lipinski definition) is 9. The molecule has 0 saturated carbocycles. The summed E-state index contributed by atoms with van der Waals surface area (Å²) in [5.74, 6) is 0.696. The number of fused-ring (bicyclic) bond motifs is 2. The Morgan fingerprint density at radius 3 is 2.95 bits per heavy atom. The number of nitrogens with one attached hydrogen (secondary N) is 1. The molecule has 11 heteroatoms. The molecule has 1 unspecified atom stereocenters. The van der Waals surface area contributed by atoms with Crippen LogP contribution in [-0.2, 0) is 20.8 Å². The van der Waals surface area contributed by atoms with Crippen molar-refractivity contribution in [2.45, 2.75) is 57.6 Å². The minimum absolute atomic E-state index is 0.0842. The number of thiazole rings is 1. The highest BCUT2D eigenvalue weighted by atomic mass is 35.5. The number of nitrogens with zero attached hydrogens (tertiary/aromatic N) is 2. The summed E-state index contributed by atoms with van der Waals surface area (Å²) in [5, 5.41) is 15.2. The molecule has 3 aromatic rings. The Morgan fingerprint density at radius 1 is 1.27 bits per heavy atom. The van der Waals surface area contributed by atoms with E-state index in [4.69, 9.17) is 21.7 Å². The van der Waals surface area contributed by atoms with Crippen molar-refractivity contribution < 1.29 is 24.0 Å². The van der Waals surface area contributed by atoms with E-state index in [0.717, 1.165) is 61.5 Å². The second kappa shape index (κ2) is 14.2. The van der Waals surface area contributed by atoms with Crippen molar-refractivity contribution >= 4 is 68.7 Å². The minimum atomic E-state index is 0.0842. The Morgan fingerprint density at radius 2 is 2.14 bits per heavy atom. The molecule has 0 amide bonds. The number of rotatable bonds is 14. The molecule has 37 heavy (non-hydrogen) atoms. The summed E-state index contributed by atoms with van der Waals surface area (Å²) < 4.78 is 8.11. The second-order valence-corrected chi connectivity index (χ2v) is 12.2. The van der Waals surface area contributed by atoms with Crippen LogP contribution in [0.2, 0.25) is 5.02 Å². The fourth-order valence-electron chi connectivity index (χ4n) is 4.08. The van der Waals surface area contributed by atoms with Crippen LogP contribution in [0.1, 0.15) is 43.7 Å². The molecule has 0 spiro atoms. The third kappa shape index (κ3) is 7.62. The van der Waals surface area contributed by atoms with E-state index in [9.17, 15) is 0 Å². The van der Waals surface area contributed by atoms with Gasteiger partial charge in [-0.3, -0.25) is 4.84 Å². The lowest BCUT2D eigenvalue weighted by Gasteiger charge is -2.20. The third-order valence-electron chi connectivity index (χ3n) is 5.91. The zero-order chi connectivity index (χ0) is 26.2. The smallest absolute Gasteiger partial charge is 0.265 e. The maximum Gasteiger partial charge on any atom is 0.265 e.